The molecule has 5 N–H and O–H groups in total. The third-order valence-electron chi connectivity index (χ3n) is 3.38. The van der Waals surface area contributed by atoms with Crippen molar-refractivity contribution in [3.8, 4) is 0 Å². The molecule has 2 heterocycles. The highest BCUT2D eigenvalue weighted by atomic mass is 32.1. The van der Waals surface area contributed by atoms with Crippen LogP contribution in [0.15, 0.2) is 30.3 Å². The van der Waals surface area contributed by atoms with Crippen molar-refractivity contribution < 1.29 is 4.79 Å². The molecule has 3 rings (SSSR count). The third-order valence-corrected chi connectivity index (χ3v) is 3.74. The fourth-order valence-electron chi connectivity index (χ4n) is 2.28. The molecule has 0 atom stereocenters. The van der Waals surface area contributed by atoms with Crippen LogP contribution >= 0.6 is 12.2 Å². The Labute approximate surface area is 132 Å². The monoisotopic (exact) mass is 314 g/mol. The fourth-order valence-corrected chi connectivity index (χ4v) is 2.50. The highest BCUT2D eigenvalue weighted by Crippen LogP contribution is 2.25. The molecule has 7 nitrogen and oxygen atoms in total. The summed E-state index contributed by atoms with van der Waals surface area (Å²) in [5.41, 5.74) is 13.5. The van der Waals surface area contributed by atoms with E-state index >= 15 is 0 Å². The standard InChI is InChI=1S/C14H14N6OS/c15-11-9-6-20(7-10(9)17-13(16)18-11)14(22)19-12(21)8-4-2-1-3-5-8/h1-5H,6-7H2,(H,19,21,22)(H4,15,16,17,18). The lowest BCUT2D eigenvalue weighted by Crippen LogP contribution is -2.39. The number of thiocarbonyl (C=S) groups is 1. The SMILES string of the molecule is Nc1nc(N)c2c(n1)CN(C(=S)NC(=O)c1ccccc1)C2. The Hall–Kier alpha value is -2.74. The number of aromatic nitrogens is 2. The number of anilines is 2. The first-order chi connectivity index (χ1) is 10.5. The number of nitrogens with one attached hydrogen (secondary N) is 1. The summed E-state index contributed by atoms with van der Waals surface area (Å²) in [5.74, 6) is 0.236. The van der Waals surface area contributed by atoms with Crippen LogP contribution in [0, 0.1) is 0 Å². The summed E-state index contributed by atoms with van der Waals surface area (Å²) in [6, 6.07) is 8.88. The number of nitrogens with zero attached hydrogens (tertiary/aromatic N) is 3. The van der Waals surface area contributed by atoms with Crippen molar-refractivity contribution in [2.45, 2.75) is 13.1 Å². The summed E-state index contributed by atoms with van der Waals surface area (Å²) in [7, 11) is 0. The van der Waals surface area contributed by atoms with Crippen LogP contribution in [0.25, 0.3) is 0 Å². The van der Waals surface area contributed by atoms with E-state index in [0.717, 1.165) is 11.3 Å². The largest absolute Gasteiger partial charge is 0.383 e. The molecule has 1 aromatic heterocycles. The Morgan fingerprint density at radius 1 is 1.18 bits per heavy atom. The molecule has 0 radical (unpaired) electrons. The second kappa shape index (κ2) is 5.57. The van der Waals surface area contributed by atoms with Crippen molar-refractivity contribution in [1.82, 2.24) is 20.2 Å². The van der Waals surface area contributed by atoms with E-state index in [2.05, 4.69) is 15.3 Å². The maximum Gasteiger partial charge on any atom is 0.257 e. The smallest absolute Gasteiger partial charge is 0.257 e. The Morgan fingerprint density at radius 3 is 2.64 bits per heavy atom. The Morgan fingerprint density at radius 2 is 1.91 bits per heavy atom. The number of carbonyl (C=O) groups excluding carboxylic acids is 1. The summed E-state index contributed by atoms with van der Waals surface area (Å²) in [4.78, 5) is 22.0. The van der Waals surface area contributed by atoms with Gasteiger partial charge in [-0.3, -0.25) is 10.1 Å². The van der Waals surface area contributed by atoms with Crippen LogP contribution in [0.5, 0.6) is 0 Å². The quantitative estimate of drug-likeness (QED) is 0.664. The van der Waals surface area contributed by atoms with Gasteiger partial charge in [0, 0.05) is 11.1 Å². The first-order valence-corrected chi connectivity index (χ1v) is 7.01. The van der Waals surface area contributed by atoms with Gasteiger partial charge in [-0.25, -0.2) is 4.98 Å². The molecule has 0 unspecified atom stereocenters. The van der Waals surface area contributed by atoms with Crippen molar-refractivity contribution in [1.29, 1.82) is 0 Å². The van der Waals surface area contributed by atoms with Gasteiger partial charge in [-0.1, -0.05) is 18.2 Å². The van der Waals surface area contributed by atoms with Crippen LogP contribution in [0.2, 0.25) is 0 Å². The van der Waals surface area contributed by atoms with E-state index in [9.17, 15) is 4.79 Å². The van der Waals surface area contributed by atoms with Gasteiger partial charge in [0.25, 0.3) is 5.91 Å². The molecule has 22 heavy (non-hydrogen) atoms. The van der Waals surface area contributed by atoms with Gasteiger partial charge >= 0.3 is 0 Å². The third kappa shape index (κ3) is 2.68. The number of nitrogen functional groups attached to an aromatic ring is 2. The number of nitrogens with two attached hydrogens (primary N) is 2. The first-order valence-electron chi connectivity index (χ1n) is 6.60. The van der Waals surface area contributed by atoms with E-state index in [4.69, 9.17) is 23.7 Å². The molecule has 0 fully saturated rings. The van der Waals surface area contributed by atoms with Crippen molar-refractivity contribution in [2.75, 3.05) is 11.5 Å². The predicted octanol–water partition coefficient (Wildman–Crippen LogP) is 0.671. The van der Waals surface area contributed by atoms with Crippen LogP contribution in [-0.4, -0.2) is 25.9 Å². The molecule has 0 saturated heterocycles. The van der Waals surface area contributed by atoms with E-state index in [1.54, 1.807) is 29.2 Å². The number of amides is 1. The molecule has 2 aromatic rings. The number of hydrogen-bond acceptors (Lipinski definition) is 6. The molecule has 0 bridgehead atoms. The summed E-state index contributed by atoms with van der Waals surface area (Å²) >= 11 is 5.29. The lowest BCUT2D eigenvalue weighted by atomic mass is 10.2. The molecule has 1 aliphatic heterocycles. The van der Waals surface area contributed by atoms with E-state index in [1.807, 2.05) is 6.07 Å². The zero-order chi connectivity index (χ0) is 15.7. The molecular formula is C14H14N6OS. The molecule has 8 heteroatoms. The van der Waals surface area contributed by atoms with Crippen molar-refractivity contribution in [3.63, 3.8) is 0 Å². The average molecular weight is 314 g/mol. The maximum absolute atomic E-state index is 12.1. The highest BCUT2D eigenvalue weighted by Gasteiger charge is 2.26. The highest BCUT2D eigenvalue weighted by molar-refractivity contribution is 7.80. The Bertz CT molecular complexity index is 748. The summed E-state index contributed by atoms with van der Waals surface area (Å²) < 4.78 is 0. The van der Waals surface area contributed by atoms with Gasteiger partial charge in [0.05, 0.1) is 18.8 Å². The van der Waals surface area contributed by atoms with E-state index < -0.39 is 0 Å². The minimum Gasteiger partial charge on any atom is -0.383 e. The number of fused-ring (bicyclic) bond motifs is 1. The number of rotatable bonds is 1. The number of hydrogen-bond donors (Lipinski definition) is 3. The van der Waals surface area contributed by atoms with E-state index in [-0.39, 0.29) is 11.9 Å². The summed E-state index contributed by atoms with van der Waals surface area (Å²) in [5, 5.41) is 3.03. The molecule has 1 aliphatic rings. The molecular weight excluding hydrogens is 300 g/mol. The summed E-state index contributed by atoms with van der Waals surface area (Å²) in [6.45, 7) is 0.898. The Kier molecular flexibility index (Phi) is 3.60. The zero-order valence-corrected chi connectivity index (χ0v) is 12.4. The van der Waals surface area contributed by atoms with Gasteiger partial charge in [0.15, 0.2) is 5.11 Å². The van der Waals surface area contributed by atoms with Gasteiger partial charge < -0.3 is 16.4 Å². The van der Waals surface area contributed by atoms with Gasteiger partial charge in [-0.05, 0) is 24.4 Å². The van der Waals surface area contributed by atoms with E-state index in [1.165, 1.54) is 0 Å². The van der Waals surface area contributed by atoms with Crippen LogP contribution < -0.4 is 16.8 Å². The minimum atomic E-state index is -0.250. The fraction of sp³-hybridized carbons (Fsp3) is 0.143. The molecule has 1 amide bonds. The molecule has 0 aliphatic carbocycles. The topological polar surface area (TPSA) is 110 Å². The molecule has 0 saturated carbocycles. The number of benzene rings is 1. The van der Waals surface area contributed by atoms with Crippen LogP contribution in [0.1, 0.15) is 21.6 Å². The van der Waals surface area contributed by atoms with Crippen molar-refractivity contribution in [2.24, 2.45) is 0 Å². The second-order valence-electron chi connectivity index (χ2n) is 4.87. The van der Waals surface area contributed by atoms with Gasteiger partial charge in [0.1, 0.15) is 5.82 Å². The van der Waals surface area contributed by atoms with Gasteiger partial charge in [-0.2, -0.15) is 4.98 Å². The van der Waals surface area contributed by atoms with Gasteiger partial charge in [0.2, 0.25) is 5.95 Å². The first kappa shape index (κ1) is 14.2. The normalized spacial score (nSPS) is 12.8. The van der Waals surface area contributed by atoms with Crippen LogP contribution in [0.4, 0.5) is 11.8 Å². The van der Waals surface area contributed by atoms with Crippen molar-refractivity contribution in [3.05, 3.63) is 47.2 Å². The predicted molar refractivity (Wildman–Crippen MR) is 86.6 cm³/mol. The van der Waals surface area contributed by atoms with Crippen LogP contribution in [-0.2, 0) is 13.1 Å². The van der Waals surface area contributed by atoms with Gasteiger partial charge in [-0.15, -0.1) is 0 Å². The lowest BCUT2D eigenvalue weighted by Gasteiger charge is -2.18. The average Bonchev–Trinajstić information content (AvgIpc) is 2.92. The lowest BCUT2D eigenvalue weighted by molar-refractivity contribution is 0.0973. The molecule has 1 aromatic carbocycles. The second-order valence-corrected chi connectivity index (χ2v) is 5.26. The molecule has 112 valence electrons. The van der Waals surface area contributed by atoms with Crippen molar-refractivity contribution >= 4 is 35.0 Å². The Balaban J connectivity index is 1.71. The van der Waals surface area contributed by atoms with Crippen LogP contribution in [0.3, 0.4) is 0 Å². The molecule has 0 spiro atoms. The summed E-state index contributed by atoms with van der Waals surface area (Å²) in [6.07, 6.45) is 0. The minimum absolute atomic E-state index is 0.136. The maximum atomic E-state index is 12.1. The van der Waals surface area contributed by atoms with E-state index in [0.29, 0.717) is 29.6 Å². The number of carbonyl (C=O) groups is 1. The zero-order valence-electron chi connectivity index (χ0n) is 11.6.